The Balaban J connectivity index is 1.67. The number of hydrogen-bond acceptors (Lipinski definition) is 9. The van der Waals surface area contributed by atoms with Crippen molar-refractivity contribution in [3.05, 3.63) is 76.2 Å². The molecule has 1 amide bonds. The Hall–Kier alpha value is -3.79. The van der Waals surface area contributed by atoms with E-state index in [-0.39, 0.29) is 18.9 Å². The van der Waals surface area contributed by atoms with Crippen LogP contribution in [0.25, 0.3) is 0 Å². The maximum Gasteiger partial charge on any atom is 0.338 e. The summed E-state index contributed by atoms with van der Waals surface area (Å²) in [6.45, 7) is 4.18. The molecule has 0 bridgehead atoms. The monoisotopic (exact) mass is 508 g/mol. The zero-order valence-electron chi connectivity index (χ0n) is 20.6. The Morgan fingerprint density at radius 3 is 2.61 bits per heavy atom. The quantitative estimate of drug-likeness (QED) is 0.508. The smallest absolute Gasteiger partial charge is 0.338 e. The summed E-state index contributed by atoms with van der Waals surface area (Å²) in [6, 6.07) is 8.56. The van der Waals surface area contributed by atoms with Gasteiger partial charge in [0.2, 0.25) is 5.91 Å². The minimum absolute atomic E-state index is 0.112. The summed E-state index contributed by atoms with van der Waals surface area (Å²) in [5.74, 6) is 0.567. The largest absolute Gasteiger partial charge is 0.497 e. The molecule has 1 aromatic carbocycles. The summed E-state index contributed by atoms with van der Waals surface area (Å²) in [6.07, 6.45) is 3.49. The Bertz CT molecular complexity index is 1240. The van der Waals surface area contributed by atoms with Gasteiger partial charge in [0.15, 0.2) is 5.17 Å². The molecule has 1 N–H and O–H groups in total. The topological polar surface area (TPSA) is 102 Å². The van der Waals surface area contributed by atoms with Gasteiger partial charge >= 0.3 is 5.97 Å². The van der Waals surface area contributed by atoms with Crippen molar-refractivity contribution in [3.63, 3.8) is 0 Å². The summed E-state index contributed by atoms with van der Waals surface area (Å²) in [5, 5.41) is 5.53. The Kier molecular flexibility index (Phi) is 7.94. The van der Waals surface area contributed by atoms with E-state index in [1.807, 2.05) is 34.6 Å². The molecule has 0 aliphatic carbocycles. The van der Waals surface area contributed by atoms with Crippen LogP contribution >= 0.6 is 11.8 Å². The highest BCUT2D eigenvalue weighted by atomic mass is 32.2. The van der Waals surface area contributed by atoms with Gasteiger partial charge in [0.1, 0.15) is 11.5 Å². The Morgan fingerprint density at radius 2 is 1.92 bits per heavy atom. The fourth-order valence-electron chi connectivity index (χ4n) is 4.11. The van der Waals surface area contributed by atoms with E-state index in [4.69, 9.17) is 14.2 Å². The molecule has 2 aliphatic rings. The first-order chi connectivity index (χ1) is 17.5. The molecule has 4 rings (SSSR count). The average molecular weight is 509 g/mol. The van der Waals surface area contributed by atoms with Crippen molar-refractivity contribution < 1.29 is 23.8 Å². The van der Waals surface area contributed by atoms with Crippen molar-refractivity contribution in [2.45, 2.75) is 32.9 Å². The molecule has 1 aromatic heterocycles. The van der Waals surface area contributed by atoms with Gasteiger partial charge in [-0.3, -0.25) is 9.78 Å². The minimum atomic E-state index is -0.591. The molecule has 0 fully saturated rings. The number of aliphatic imine (C=N–C) groups is 1. The number of ether oxygens (including phenoxy) is 3. The molecule has 1 atom stereocenters. The van der Waals surface area contributed by atoms with Crippen LogP contribution in [0.15, 0.2) is 70.1 Å². The highest BCUT2D eigenvalue weighted by Gasteiger charge is 2.42. The molecule has 1 unspecified atom stereocenters. The predicted octanol–water partition coefficient (Wildman–Crippen LogP) is 3.94. The standard InChI is InChI=1S/C26H28N4O5S/c1-5-35-25(32)23-16(2)29-26-30(24(23)20-7-6-19(33-3)13-21(20)34-4)18(15-36-26)12-22(31)28-14-17-8-10-27-11-9-17/h6-11,13,15,24H,5,12,14H2,1-4H3,(H,28,31). The van der Waals surface area contributed by atoms with Crippen LogP contribution in [0, 0.1) is 0 Å². The van der Waals surface area contributed by atoms with Crippen LogP contribution in [0.5, 0.6) is 11.5 Å². The fourth-order valence-corrected chi connectivity index (χ4v) is 5.07. The maximum absolute atomic E-state index is 13.1. The number of hydrogen-bond donors (Lipinski definition) is 1. The molecular formula is C26H28N4O5S. The third-order valence-electron chi connectivity index (χ3n) is 5.81. The van der Waals surface area contributed by atoms with Crippen LogP contribution < -0.4 is 14.8 Å². The number of allylic oxidation sites excluding steroid dienone is 1. The van der Waals surface area contributed by atoms with E-state index in [9.17, 15) is 9.59 Å². The zero-order valence-corrected chi connectivity index (χ0v) is 21.4. The lowest BCUT2D eigenvalue weighted by molar-refractivity contribution is -0.139. The van der Waals surface area contributed by atoms with E-state index in [1.165, 1.54) is 11.8 Å². The second-order valence-electron chi connectivity index (χ2n) is 8.03. The number of amides is 1. The highest BCUT2D eigenvalue weighted by molar-refractivity contribution is 8.16. The van der Waals surface area contributed by atoms with Crippen molar-refractivity contribution in [3.8, 4) is 11.5 Å². The van der Waals surface area contributed by atoms with Gasteiger partial charge in [-0.05, 0) is 49.1 Å². The number of carbonyl (C=O) groups is 2. The molecular weight excluding hydrogens is 480 g/mol. The van der Waals surface area contributed by atoms with Gasteiger partial charge in [-0.1, -0.05) is 11.8 Å². The Morgan fingerprint density at radius 1 is 1.14 bits per heavy atom. The lowest BCUT2D eigenvalue weighted by Crippen LogP contribution is -2.38. The molecule has 3 heterocycles. The second kappa shape index (κ2) is 11.3. The fraction of sp³-hybridized carbons (Fsp3) is 0.308. The number of methoxy groups -OCH3 is 2. The number of fused-ring (bicyclic) bond motifs is 1. The number of carbonyl (C=O) groups excluding carboxylic acids is 2. The summed E-state index contributed by atoms with van der Waals surface area (Å²) in [5.41, 5.74) is 3.38. The highest BCUT2D eigenvalue weighted by Crippen LogP contribution is 2.47. The number of benzene rings is 1. The Labute approximate surface area is 214 Å². The number of pyridine rings is 1. The van der Waals surface area contributed by atoms with E-state index in [0.29, 0.717) is 34.5 Å². The first-order valence-corrected chi connectivity index (χ1v) is 12.3. The van der Waals surface area contributed by atoms with Crippen molar-refractivity contribution in [2.24, 2.45) is 4.99 Å². The van der Waals surface area contributed by atoms with E-state index in [1.54, 1.807) is 46.5 Å². The van der Waals surface area contributed by atoms with Crippen molar-refractivity contribution in [1.82, 2.24) is 15.2 Å². The number of amidine groups is 1. The third-order valence-corrected chi connectivity index (χ3v) is 6.70. The summed E-state index contributed by atoms with van der Waals surface area (Å²) >= 11 is 1.42. The van der Waals surface area contributed by atoms with E-state index in [2.05, 4.69) is 15.3 Å². The lowest BCUT2D eigenvalue weighted by Gasteiger charge is -2.36. The number of nitrogens with one attached hydrogen (secondary N) is 1. The molecule has 10 heteroatoms. The van der Waals surface area contributed by atoms with Gasteiger partial charge in [-0.2, -0.15) is 0 Å². The first-order valence-electron chi connectivity index (χ1n) is 11.5. The van der Waals surface area contributed by atoms with Crippen LogP contribution in [-0.4, -0.2) is 47.8 Å². The van der Waals surface area contributed by atoms with Crippen molar-refractivity contribution in [1.29, 1.82) is 0 Å². The van der Waals surface area contributed by atoms with Gasteiger partial charge in [-0.15, -0.1) is 0 Å². The van der Waals surface area contributed by atoms with Crippen LogP contribution in [0.2, 0.25) is 0 Å². The first kappa shape index (κ1) is 25.3. The van der Waals surface area contributed by atoms with E-state index in [0.717, 1.165) is 16.8 Å². The SMILES string of the molecule is CCOC(=O)C1=C(C)N=C2SC=C(CC(=O)NCc3ccncc3)N2C1c1ccc(OC)cc1OC. The molecule has 0 radical (unpaired) electrons. The van der Waals surface area contributed by atoms with Gasteiger partial charge in [0.25, 0.3) is 0 Å². The van der Waals surface area contributed by atoms with E-state index >= 15 is 0 Å². The second-order valence-corrected chi connectivity index (χ2v) is 8.87. The van der Waals surface area contributed by atoms with Gasteiger partial charge in [-0.25, -0.2) is 9.79 Å². The number of esters is 1. The molecule has 9 nitrogen and oxygen atoms in total. The molecule has 2 aliphatic heterocycles. The number of rotatable bonds is 9. The predicted molar refractivity (Wildman–Crippen MR) is 137 cm³/mol. The minimum Gasteiger partial charge on any atom is -0.497 e. The molecule has 36 heavy (non-hydrogen) atoms. The number of thioether (sulfide) groups is 1. The van der Waals surface area contributed by atoms with E-state index < -0.39 is 12.0 Å². The van der Waals surface area contributed by atoms with Crippen LogP contribution in [-0.2, 0) is 20.9 Å². The molecule has 0 saturated heterocycles. The summed E-state index contributed by atoms with van der Waals surface area (Å²) in [7, 11) is 3.15. The van der Waals surface area contributed by atoms with Gasteiger partial charge in [0, 0.05) is 36.3 Å². The third kappa shape index (κ3) is 5.23. The lowest BCUT2D eigenvalue weighted by atomic mass is 9.93. The van der Waals surface area contributed by atoms with Crippen molar-refractivity contribution >= 4 is 28.8 Å². The van der Waals surface area contributed by atoms with Crippen LogP contribution in [0.4, 0.5) is 0 Å². The molecule has 188 valence electrons. The molecule has 0 saturated carbocycles. The maximum atomic E-state index is 13.1. The number of aromatic nitrogens is 1. The van der Waals surface area contributed by atoms with Crippen LogP contribution in [0.3, 0.4) is 0 Å². The molecule has 2 aromatic rings. The van der Waals surface area contributed by atoms with Crippen LogP contribution in [0.1, 0.15) is 37.4 Å². The normalized spacial score (nSPS) is 16.7. The number of nitrogens with zero attached hydrogens (tertiary/aromatic N) is 3. The van der Waals surface area contributed by atoms with Gasteiger partial charge < -0.3 is 24.4 Å². The summed E-state index contributed by atoms with van der Waals surface area (Å²) in [4.78, 5) is 36.6. The zero-order chi connectivity index (χ0) is 25.7. The van der Waals surface area contributed by atoms with Crippen molar-refractivity contribution in [2.75, 3.05) is 20.8 Å². The molecule has 0 spiro atoms. The summed E-state index contributed by atoms with van der Waals surface area (Å²) < 4.78 is 16.5. The average Bonchev–Trinajstić information content (AvgIpc) is 3.28. The van der Waals surface area contributed by atoms with Gasteiger partial charge in [0.05, 0.1) is 44.6 Å².